The zero-order chi connectivity index (χ0) is 23.0. The molecule has 0 aliphatic carbocycles. The van der Waals surface area contributed by atoms with Crippen LogP contribution < -0.4 is 10.2 Å². The maximum atomic E-state index is 11.8. The second kappa shape index (κ2) is 10.8. The molecule has 1 aliphatic heterocycles. The Kier molecular flexibility index (Phi) is 7.44. The molecule has 33 heavy (non-hydrogen) atoms. The molecule has 0 fully saturated rings. The minimum atomic E-state index is -0.462. The number of ether oxygens (including phenoxy) is 2. The lowest BCUT2D eigenvalue weighted by atomic mass is 10.0. The van der Waals surface area contributed by atoms with Gasteiger partial charge in [0.15, 0.2) is 0 Å². The minimum absolute atomic E-state index is 0.195. The van der Waals surface area contributed by atoms with Crippen molar-refractivity contribution in [3.63, 3.8) is 0 Å². The topological polar surface area (TPSA) is 78.4 Å². The second-order valence-corrected chi connectivity index (χ2v) is 7.64. The van der Waals surface area contributed by atoms with Crippen LogP contribution in [-0.4, -0.2) is 31.5 Å². The lowest BCUT2D eigenvalue weighted by Crippen LogP contribution is -2.21. The number of fused-ring (bicyclic) bond motifs is 1. The maximum Gasteiger partial charge on any atom is 0.356 e. The predicted molar refractivity (Wildman–Crippen MR) is 126 cm³/mol. The van der Waals surface area contributed by atoms with Gasteiger partial charge in [-0.3, -0.25) is 10.3 Å². The summed E-state index contributed by atoms with van der Waals surface area (Å²) in [5, 5.41) is 6.85. The molecule has 1 aliphatic rings. The van der Waals surface area contributed by atoms with Gasteiger partial charge >= 0.3 is 5.97 Å². The van der Waals surface area contributed by atoms with Crippen LogP contribution in [0.15, 0.2) is 77.6 Å². The number of benzene rings is 3. The van der Waals surface area contributed by atoms with E-state index < -0.39 is 12.1 Å². The molecule has 0 amide bonds. The van der Waals surface area contributed by atoms with Crippen molar-refractivity contribution in [1.82, 2.24) is 5.48 Å². The van der Waals surface area contributed by atoms with E-state index in [-0.39, 0.29) is 12.3 Å². The van der Waals surface area contributed by atoms with Gasteiger partial charge in [-0.25, -0.2) is 4.79 Å². The van der Waals surface area contributed by atoms with E-state index in [2.05, 4.69) is 10.6 Å². The summed E-state index contributed by atoms with van der Waals surface area (Å²) in [7, 11) is 0. The summed E-state index contributed by atoms with van der Waals surface area (Å²) >= 11 is 5.92. The number of oxime groups is 1. The summed E-state index contributed by atoms with van der Waals surface area (Å²) in [6.45, 7) is 2.55. The molecule has 0 saturated heterocycles. The van der Waals surface area contributed by atoms with Gasteiger partial charge in [-0.1, -0.05) is 59.2 Å². The second-order valence-electron chi connectivity index (χ2n) is 7.20. The molecule has 170 valence electrons. The number of nitrogens with zero attached hydrogens (tertiary/aromatic N) is 1. The first kappa shape index (κ1) is 22.6. The molecule has 0 radical (unpaired) electrons. The Morgan fingerprint density at radius 1 is 1.15 bits per heavy atom. The summed E-state index contributed by atoms with van der Waals surface area (Å²) in [5.41, 5.74) is 4.59. The molecule has 1 N–H and O–H groups in total. The van der Waals surface area contributed by atoms with Crippen molar-refractivity contribution >= 4 is 34.6 Å². The van der Waals surface area contributed by atoms with Gasteiger partial charge in [0.1, 0.15) is 30.8 Å². The van der Waals surface area contributed by atoms with E-state index in [1.54, 1.807) is 19.2 Å². The van der Waals surface area contributed by atoms with Crippen LogP contribution >= 0.6 is 11.6 Å². The van der Waals surface area contributed by atoms with Gasteiger partial charge in [0, 0.05) is 10.6 Å². The summed E-state index contributed by atoms with van der Waals surface area (Å²) < 4.78 is 11.0. The fourth-order valence-corrected chi connectivity index (χ4v) is 3.41. The summed E-state index contributed by atoms with van der Waals surface area (Å²) in [5.74, 6) is 0.158. The standard InChI is InChI=1S/C25H23ClN2O5/c1-2-30-25(29)23-13-20(33-28-23)16-31-24-12-9-18-5-3-4-6-21(18)22(24)14-27-32-15-17-7-10-19(26)11-8-17/h3-14,20,28H,2,15-16H2,1H3. The zero-order valence-electron chi connectivity index (χ0n) is 18.0. The van der Waals surface area contributed by atoms with Crippen LogP contribution in [0.1, 0.15) is 18.1 Å². The monoisotopic (exact) mass is 466 g/mol. The highest BCUT2D eigenvalue weighted by Crippen LogP contribution is 2.27. The molecule has 0 bridgehead atoms. The largest absolute Gasteiger partial charge is 0.490 e. The molecule has 3 aromatic carbocycles. The molecular formula is C25H23ClN2O5. The lowest BCUT2D eigenvalue weighted by Gasteiger charge is -2.13. The van der Waals surface area contributed by atoms with Crippen molar-refractivity contribution in [2.75, 3.05) is 13.2 Å². The van der Waals surface area contributed by atoms with Gasteiger partial charge in [-0.05, 0) is 47.5 Å². The molecule has 7 nitrogen and oxygen atoms in total. The summed E-state index contributed by atoms with van der Waals surface area (Å²) in [6, 6.07) is 19.2. The highest BCUT2D eigenvalue weighted by Gasteiger charge is 2.23. The third-order valence-electron chi connectivity index (χ3n) is 4.90. The number of hydrogen-bond donors (Lipinski definition) is 1. The Hall–Kier alpha value is -3.55. The number of carbonyl (C=O) groups excluding carboxylic acids is 1. The highest BCUT2D eigenvalue weighted by atomic mass is 35.5. The fourth-order valence-electron chi connectivity index (χ4n) is 3.28. The van der Waals surface area contributed by atoms with Gasteiger partial charge < -0.3 is 14.3 Å². The van der Waals surface area contributed by atoms with Crippen LogP contribution in [-0.2, 0) is 25.8 Å². The Morgan fingerprint density at radius 3 is 2.79 bits per heavy atom. The first-order chi connectivity index (χ1) is 16.1. The van der Waals surface area contributed by atoms with Crippen molar-refractivity contribution < 1.29 is 23.9 Å². The van der Waals surface area contributed by atoms with Crippen LogP contribution in [0, 0.1) is 0 Å². The third kappa shape index (κ3) is 5.83. The maximum absolute atomic E-state index is 11.8. The smallest absolute Gasteiger partial charge is 0.356 e. The SMILES string of the molecule is CCOC(=O)C1=CC(COc2ccc3ccccc3c2C=NOCc2ccc(Cl)cc2)ON1. The van der Waals surface area contributed by atoms with Gasteiger partial charge in [0.05, 0.1) is 12.8 Å². The first-order valence-electron chi connectivity index (χ1n) is 10.5. The molecule has 0 spiro atoms. The number of hydroxylamine groups is 1. The average molecular weight is 467 g/mol. The van der Waals surface area contributed by atoms with Crippen LogP contribution in [0.25, 0.3) is 10.8 Å². The molecule has 4 rings (SSSR count). The van der Waals surface area contributed by atoms with Crippen molar-refractivity contribution in [2.24, 2.45) is 5.16 Å². The van der Waals surface area contributed by atoms with Gasteiger partial charge in [-0.15, -0.1) is 0 Å². The van der Waals surface area contributed by atoms with Crippen LogP contribution in [0.4, 0.5) is 0 Å². The first-order valence-corrected chi connectivity index (χ1v) is 10.9. The third-order valence-corrected chi connectivity index (χ3v) is 5.15. The van der Waals surface area contributed by atoms with Gasteiger partial charge in [0.2, 0.25) is 0 Å². The molecule has 1 atom stereocenters. The molecule has 0 saturated carbocycles. The Morgan fingerprint density at radius 2 is 1.97 bits per heavy atom. The van der Waals surface area contributed by atoms with E-state index in [0.717, 1.165) is 21.9 Å². The van der Waals surface area contributed by atoms with Crippen LogP contribution in [0.5, 0.6) is 5.75 Å². The number of carbonyl (C=O) groups is 1. The lowest BCUT2D eigenvalue weighted by molar-refractivity contribution is -0.140. The normalized spacial score (nSPS) is 15.3. The molecule has 8 heteroatoms. The van der Waals surface area contributed by atoms with Gasteiger partial charge in [-0.2, -0.15) is 0 Å². The van der Waals surface area contributed by atoms with Crippen LogP contribution in [0.2, 0.25) is 5.02 Å². The molecule has 1 unspecified atom stereocenters. The summed E-state index contributed by atoms with van der Waals surface area (Å²) in [4.78, 5) is 22.7. The summed E-state index contributed by atoms with van der Waals surface area (Å²) in [6.07, 6.45) is 2.84. The Bertz CT molecular complexity index is 1180. The van der Waals surface area contributed by atoms with E-state index in [9.17, 15) is 4.79 Å². The predicted octanol–water partition coefficient (Wildman–Crippen LogP) is 4.77. The number of esters is 1. The van der Waals surface area contributed by atoms with Crippen molar-refractivity contribution in [3.05, 3.63) is 88.6 Å². The average Bonchev–Trinajstić information content (AvgIpc) is 3.31. The van der Waals surface area contributed by atoms with Crippen molar-refractivity contribution in [3.8, 4) is 5.75 Å². The molecule has 1 heterocycles. The van der Waals surface area contributed by atoms with E-state index in [0.29, 0.717) is 24.0 Å². The number of hydrogen-bond acceptors (Lipinski definition) is 7. The van der Waals surface area contributed by atoms with E-state index >= 15 is 0 Å². The van der Waals surface area contributed by atoms with Crippen LogP contribution in [0.3, 0.4) is 0 Å². The van der Waals surface area contributed by atoms with E-state index in [1.165, 1.54) is 0 Å². The van der Waals surface area contributed by atoms with Gasteiger partial charge in [0.25, 0.3) is 0 Å². The minimum Gasteiger partial charge on any atom is -0.490 e. The zero-order valence-corrected chi connectivity index (χ0v) is 18.7. The highest BCUT2D eigenvalue weighted by molar-refractivity contribution is 6.30. The van der Waals surface area contributed by atoms with Crippen molar-refractivity contribution in [2.45, 2.75) is 19.6 Å². The van der Waals surface area contributed by atoms with Crippen molar-refractivity contribution in [1.29, 1.82) is 0 Å². The molecule has 0 aromatic heterocycles. The number of nitrogens with one attached hydrogen (secondary N) is 1. The molecular weight excluding hydrogens is 444 g/mol. The van der Waals surface area contributed by atoms with E-state index in [1.807, 2.05) is 60.7 Å². The number of halogens is 1. The Balaban J connectivity index is 1.47. The number of rotatable bonds is 9. The fraction of sp³-hybridized carbons (Fsp3) is 0.200. The quantitative estimate of drug-likeness (QED) is 0.278. The van der Waals surface area contributed by atoms with E-state index in [4.69, 9.17) is 30.7 Å². The Labute approximate surface area is 196 Å². The molecule has 3 aromatic rings.